The lowest BCUT2D eigenvalue weighted by atomic mass is 9.89. The van der Waals surface area contributed by atoms with Crippen molar-refractivity contribution in [1.82, 2.24) is 15.1 Å². The van der Waals surface area contributed by atoms with E-state index in [0.29, 0.717) is 18.1 Å². The Bertz CT molecular complexity index is 866. The molecule has 2 aromatic heterocycles. The molecule has 0 N–H and O–H groups in total. The second-order valence-corrected chi connectivity index (χ2v) is 6.58. The summed E-state index contributed by atoms with van der Waals surface area (Å²) in [5.41, 5.74) is 2.74. The summed E-state index contributed by atoms with van der Waals surface area (Å²) in [6, 6.07) is 5.72. The van der Waals surface area contributed by atoms with Crippen molar-refractivity contribution in [1.29, 1.82) is 0 Å². The molecule has 22 heavy (non-hydrogen) atoms. The highest BCUT2D eigenvalue weighted by molar-refractivity contribution is 7.14. The smallest absolute Gasteiger partial charge is 0.258 e. The van der Waals surface area contributed by atoms with Crippen molar-refractivity contribution in [3.63, 3.8) is 0 Å². The molecule has 3 aromatic rings. The Morgan fingerprint density at radius 3 is 3.00 bits per heavy atom. The van der Waals surface area contributed by atoms with Crippen molar-refractivity contribution in [2.75, 3.05) is 0 Å². The second-order valence-electron chi connectivity index (χ2n) is 5.35. The fourth-order valence-electron chi connectivity index (χ4n) is 2.67. The first kappa shape index (κ1) is 13.3. The number of fused-ring (bicyclic) bond motifs is 1. The number of rotatable bonds is 2. The van der Waals surface area contributed by atoms with Crippen LogP contribution in [0.25, 0.3) is 22.3 Å². The molecule has 1 aliphatic rings. The third-order valence-corrected chi connectivity index (χ3v) is 4.65. The second kappa shape index (κ2) is 5.14. The zero-order valence-corrected chi connectivity index (χ0v) is 12.8. The topological polar surface area (TPSA) is 68.9 Å². The minimum absolute atomic E-state index is 0.220. The Morgan fingerprint density at radius 1 is 1.27 bits per heavy atom. The first-order valence-corrected chi connectivity index (χ1v) is 7.95. The molecule has 0 aliphatic heterocycles. The fourth-order valence-corrected chi connectivity index (χ4v) is 3.36. The minimum Gasteiger partial charge on any atom is -0.334 e. The number of hydrogen-bond acceptors (Lipinski definition) is 6. The molecule has 2 heterocycles. The van der Waals surface area contributed by atoms with E-state index in [1.165, 1.54) is 11.3 Å². The van der Waals surface area contributed by atoms with Gasteiger partial charge >= 0.3 is 0 Å². The van der Waals surface area contributed by atoms with E-state index in [1.807, 2.05) is 25.1 Å². The number of aromatic nitrogens is 3. The summed E-state index contributed by atoms with van der Waals surface area (Å²) in [7, 11) is 0. The van der Waals surface area contributed by atoms with Crippen LogP contribution in [0.5, 0.6) is 0 Å². The predicted molar refractivity (Wildman–Crippen MR) is 82.8 cm³/mol. The number of hydrogen-bond donors (Lipinski definition) is 0. The molecule has 1 aliphatic carbocycles. The molecule has 110 valence electrons. The molecule has 0 radical (unpaired) electrons. The van der Waals surface area contributed by atoms with Crippen molar-refractivity contribution >= 4 is 17.1 Å². The summed E-state index contributed by atoms with van der Waals surface area (Å²) in [4.78, 5) is 21.7. The number of aryl methyl sites for hydroxylation is 2. The van der Waals surface area contributed by atoms with E-state index in [2.05, 4.69) is 15.1 Å². The van der Waals surface area contributed by atoms with Crippen molar-refractivity contribution in [2.24, 2.45) is 0 Å². The highest BCUT2D eigenvalue weighted by Crippen LogP contribution is 2.29. The van der Waals surface area contributed by atoms with Crippen molar-refractivity contribution in [3.8, 4) is 22.3 Å². The van der Waals surface area contributed by atoms with Gasteiger partial charge in [0.15, 0.2) is 10.8 Å². The third-order valence-electron chi connectivity index (χ3n) is 3.74. The number of thiazole rings is 1. The van der Waals surface area contributed by atoms with Crippen LogP contribution in [0.15, 0.2) is 28.9 Å². The molecule has 0 unspecified atom stereocenters. The van der Waals surface area contributed by atoms with Crippen LogP contribution in [0.3, 0.4) is 0 Å². The van der Waals surface area contributed by atoms with Crippen LogP contribution in [0.1, 0.15) is 33.6 Å². The third kappa shape index (κ3) is 2.25. The highest BCUT2D eigenvalue weighted by Gasteiger charge is 2.19. The van der Waals surface area contributed by atoms with Gasteiger partial charge in [0, 0.05) is 28.6 Å². The molecule has 0 amide bonds. The molecular weight excluding hydrogens is 298 g/mol. The standard InChI is InChI=1S/C16H13N3O2S/c1-9-8-17-16(22-9)14-18-15(21-19-14)11-5-6-12-10(7-11)3-2-4-13(12)20/h5-8H,2-4H2,1H3. The van der Waals surface area contributed by atoms with Crippen LogP contribution in [0.4, 0.5) is 0 Å². The van der Waals surface area contributed by atoms with Gasteiger partial charge in [0.1, 0.15) is 0 Å². The number of benzene rings is 1. The number of Topliss-reactive ketones (excluding diaryl/α,β-unsaturated/α-hetero) is 1. The maximum absolute atomic E-state index is 11.9. The van der Waals surface area contributed by atoms with E-state index < -0.39 is 0 Å². The Hall–Kier alpha value is -2.34. The molecule has 0 saturated heterocycles. The van der Waals surface area contributed by atoms with Gasteiger partial charge in [-0.1, -0.05) is 11.2 Å². The lowest BCUT2D eigenvalue weighted by Crippen LogP contribution is -2.10. The van der Waals surface area contributed by atoms with Crippen molar-refractivity contribution < 1.29 is 9.32 Å². The number of ketones is 1. The highest BCUT2D eigenvalue weighted by atomic mass is 32.1. The van der Waals surface area contributed by atoms with Crippen LogP contribution in [-0.4, -0.2) is 20.9 Å². The number of carbonyl (C=O) groups is 1. The fraction of sp³-hybridized carbons (Fsp3) is 0.250. The predicted octanol–water partition coefficient (Wildman–Crippen LogP) is 3.69. The van der Waals surface area contributed by atoms with Crippen LogP contribution in [0, 0.1) is 6.92 Å². The van der Waals surface area contributed by atoms with Gasteiger partial charge in [0.05, 0.1) is 0 Å². The quantitative estimate of drug-likeness (QED) is 0.722. The van der Waals surface area contributed by atoms with E-state index in [4.69, 9.17) is 4.52 Å². The maximum atomic E-state index is 11.9. The van der Waals surface area contributed by atoms with Crippen LogP contribution in [-0.2, 0) is 6.42 Å². The Kier molecular flexibility index (Phi) is 3.11. The van der Waals surface area contributed by atoms with Crippen LogP contribution in [0.2, 0.25) is 0 Å². The molecule has 4 rings (SSSR count). The molecule has 5 nitrogen and oxygen atoms in total. The molecule has 0 bridgehead atoms. The molecule has 0 fully saturated rings. The monoisotopic (exact) mass is 311 g/mol. The summed E-state index contributed by atoms with van der Waals surface area (Å²) < 4.78 is 5.35. The molecule has 0 spiro atoms. The van der Waals surface area contributed by atoms with E-state index in [0.717, 1.165) is 39.4 Å². The average molecular weight is 311 g/mol. The number of carbonyl (C=O) groups excluding carboxylic acids is 1. The van der Waals surface area contributed by atoms with Crippen LogP contribution >= 0.6 is 11.3 Å². The van der Waals surface area contributed by atoms with E-state index in [-0.39, 0.29) is 5.78 Å². The summed E-state index contributed by atoms with van der Waals surface area (Å²) >= 11 is 1.53. The van der Waals surface area contributed by atoms with Gasteiger partial charge in [0.2, 0.25) is 5.82 Å². The first-order valence-electron chi connectivity index (χ1n) is 7.14. The van der Waals surface area contributed by atoms with Gasteiger partial charge < -0.3 is 4.52 Å². The van der Waals surface area contributed by atoms with Crippen LogP contribution < -0.4 is 0 Å². The summed E-state index contributed by atoms with van der Waals surface area (Å²) in [6.07, 6.45) is 4.26. The van der Waals surface area contributed by atoms with Gasteiger partial charge in [-0.05, 0) is 37.5 Å². The Labute approximate surface area is 131 Å². The summed E-state index contributed by atoms with van der Waals surface area (Å²) in [6.45, 7) is 1.99. The lowest BCUT2D eigenvalue weighted by molar-refractivity contribution is 0.0972. The van der Waals surface area contributed by atoms with E-state index in [1.54, 1.807) is 6.20 Å². The van der Waals surface area contributed by atoms with Gasteiger partial charge in [-0.15, -0.1) is 11.3 Å². The largest absolute Gasteiger partial charge is 0.334 e. The lowest BCUT2D eigenvalue weighted by Gasteiger charge is -2.14. The van der Waals surface area contributed by atoms with E-state index in [9.17, 15) is 4.79 Å². The van der Waals surface area contributed by atoms with Gasteiger partial charge in [-0.25, -0.2) is 4.98 Å². The first-order chi connectivity index (χ1) is 10.7. The number of nitrogens with zero attached hydrogens (tertiary/aromatic N) is 3. The zero-order valence-electron chi connectivity index (χ0n) is 12.0. The zero-order chi connectivity index (χ0) is 15.1. The molecular formula is C16H13N3O2S. The average Bonchev–Trinajstić information content (AvgIpc) is 3.16. The van der Waals surface area contributed by atoms with Gasteiger partial charge in [-0.3, -0.25) is 4.79 Å². The normalized spacial score (nSPS) is 14.1. The Morgan fingerprint density at radius 2 is 2.18 bits per heavy atom. The van der Waals surface area contributed by atoms with Gasteiger partial charge in [0.25, 0.3) is 5.89 Å². The summed E-state index contributed by atoms with van der Waals surface area (Å²) in [5, 5.41) is 4.75. The molecule has 0 atom stereocenters. The maximum Gasteiger partial charge on any atom is 0.258 e. The Balaban J connectivity index is 1.71. The molecule has 6 heteroatoms. The van der Waals surface area contributed by atoms with Gasteiger partial charge in [-0.2, -0.15) is 4.98 Å². The van der Waals surface area contributed by atoms with Crippen molar-refractivity contribution in [2.45, 2.75) is 26.2 Å². The summed E-state index contributed by atoms with van der Waals surface area (Å²) in [5.74, 6) is 1.18. The SMILES string of the molecule is Cc1cnc(-c2noc(-c3ccc4c(c3)CCCC4=O)n2)s1. The van der Waals surface area contributed by atoms with E-state index >= 15 is 0 Å². The molecule has 1 aromatic carbocycles. The van der Waals surface area contributed by atoms with Crippen molar-refractivity contribution in [3.05, 3.63) is 40.4 Å². The minimum atomic E-state index is 0.220. The molecule has 0 saturated carbocycles.